The highest BCUT2D eigenvalue weighted by atomic mass is 32.1. The number of anilines is 1. The molecule has 5 heteroatoms. The van der Waals surface area contributed by atoms with Crippen LogP contribution in [0.1, 0.15) is 6.92 Å². The van der Waals surface area contributed by atoms with Crippen LogP contribution in [0.15, 0.2) is 48.4 Å². The van der Waals surface area contributed by atoms with Crippen LogP contribution in [0.4, 0.5) is 5.13 Å². The Morgan fingerprint density at radius 1 is 1.48 bits per heavy atom. The highest BCUT2D eigenvalue weighted by molar-refractivity contribution is 7.14. The van der Waals surface area contributed by atoms with Crippen molar-refractivity contribution in [3.05, 3.63) is 48.4 Å². The lowest BCUT2D eigenvalue weighted by Gasteiger charge is -2.10. The molecule has 2 rings (SSSR count). The first-order valence-corrected chi connectivity index (χ1v) is 7.59. The molecule has 0 radical (unpaired) electrons. The predicted octanol–water partition coefficient (Wildman–Crippen LogP) is 3.59. The summed E-state index contributed by atoms with van der Waals surface area (Å²) in [6, 6.07) is 9.88. The molecule has 1 atom stereocenters. The number of thiazole rings is 1. The number of rotatable bonds is 7. The first-order chi connectivity index (χ1) is 10.2. The number of carbonyl (C=O) groups excluding carboxylic acids is 1. The molecule has 0 fully saturated rings. The maximum Gasteiger partial charge on any atom is 0.231 e. The van der Waals surface area contributed by atoms with Crippen LogP contribution in [0.3, 0.4) is 0 Å². The van der Waals surface area contributed by atoms with Crippen LogP contribution in [0.5, 0.6) is 0 Å². The topological polar surface area (TPSA) is 51.2 Å². The molecule has 4 nitrogen and oxygen atoms in total. The number of benzene rings is 1. The number of hydrogen-bond donors (Lipinski definition) is 1. The Balaban J connectivity index is 1.93. The summed E-state index contributed by atoms with van der Waals surface area (Å²) >= 11 is 1.42. The molecule has 1 amide bonds. The number of hydrogen-bond acceptors (Lipinski definition) is 4. The van der Waals surface area contributed by atoms with Gasteiger partial charge >= 0.3 is 0 Å². The molecule has 1 N–H and O–H groups in total. The molecule has 2 aromatic rings. The summed E-state index contributed by atoms with van der Waals surface area (Å²) in [4.78, 5) is 16.4. The van der Waals surface area contributed by atoms with E-state index >= 15 is 0 Å². The third-order valence-corrected chi connectivity index (χ3v) is 3.61. The average Bonchev–Trinajstić information content (AvgIpc) is 2.97. The molecule has 0 unspecified atom stereocenters. The zero-order valence-corrected chi connectivity index (χ0v) is 12.7. The number of ether oxygens (including phenoxy) is 1. The van der Waals surface area contributed by atoms with Gasteiger partial charge < -0.3 is 10.1 Å². The van der Waals surface area contributed by atoms with E-state index < -0.39 is 0 Å². The summed E-state index contributed by atoms with van der Waals surface area (Å²) in [5.41, 5.74) is 1.91. The molecular formula is C16H18N2O2S. The van der Waals surface area contributed by atoms with Gasteiger partial charge in [0.15, 0.2) is 5.13 Å². The standard InChI is InChI=1S/C16H18N2O2S/c1-3-9-20-10-12(2)15(19)18-16-17-14(11-21-16)13-7-5-4-6-8-13/h3-8,11-12H,1,9-10H2,2H3,(H,17,18,19)/t12-/m0/s1. The van der Waals surface area contributed by atoms with Crippen LogP contribution in [0.2, 0.25) is 0 Å². The minimum Gasteiger partial charge on any atom is -0.377 e. The van der Waals surface area contributed by atoms with E-state index in [4.69, 9.17) is 4.74 Å². The van der Waals surface area contributed by atoms with E-state index in [-0.39, 0.29) is 11.8 Å². The molecule has 1 aromatic carbocycles. The predicted molar refractivity (Wildman–Crippen MR) is 86.4 cm³/mol. The molecule has 0 spiro atoms. The Morgan fingerprint density at radius 2 is 2.24 bits per heavy atom. The van der Waals surface area contributed by atoms with Crippen LogP contribution in [-0.2, 0) is 9.53 Å². The molecule has 0 aliphatic carbocycles. The monoisotopic (exact) mass is 302 g/mol. The van der Waals surface area contributed by atoms with Gasteiger partial charge in [0, 0.05) is 10.9 Å². The minimum absolute atomic E-state index is 0.0898. The molecule has 0 saturated carbocycles. The number of nitrogens with zero attached hydrogens (tertiary/aromatic N) is 1. The van der Waals surface area contributed by atoms with E-state index in [0.29, 0.717) is 18.3 Å². The maximum atomic E-state index is 12.0. The van der Waals surface area contributed by atoms with Gasteiger partial charge in [-0.3, -0.25) is 4.79 Å². The van der Waals surface area contributed by atoms with E-state index in [1.807, 2.05) is 42.6 Å². The number of carbonyl (C=O) groups is 1. The second kappa shape index (κ2) is 7.71. The lowest BCUT2D eigenvalue weighted by molar-refractivity contribution is -0.121. The first kappa shape index (κ1) is 15.4. The SMILES string of the molecule is C=CCOC[C@H](C)C(=O)Nc1nc(-c2ccccc2)cs1. The molecule has 0 bridgehead atoms. The normalized spacial score (nSPS) is 11.9. The lowest BCUT2D eigenvalue weighted by Crippen LogP contribution is -2.24. The largest absolute Gasteiger partial charge is 0.377 e. The molecule has 21 heavy (non-hydrogen) atoms. The molecule has 110 valence electrons. The Morgan fingerprint density at radius 3 is 2.95 bits per heavy atom. The van der Waals surface area contributed by atoms with Crippen molar-refractivity contribution in [1.29, 1.82) is 0 Å². The Bertz CT molecular complexity index is 595. The Labute approximate surface area is 128 Å². The van der Waals surface area contributed by atoms with Crippen molar-refractivity contribution in [3.8, 4) is 11.3 Å². The van der Waals surface area contributed by atoms with Crippen molar-refractivity contribution in [3.63, 3.8) is 0 Å². The summed E-state index contributed by atoms with van der Waals surface area (Å²) in [6.45, 7) is 6.21. The highest BCUT2D eigenvalue weighted by Crippen LogP contribution is 2.24. The van der Waals surface area contributed by atoms with E-state index in [1.165, 1.54) is 11.3 Å². The van der Waals surface area contributed by atoms with Gasteiger partial charge in [0.05, 0.1) is 24.8 Å². The van der Waals surface area contributed by atoms with Gasteiger partial charge in [0.1, 0.15) is 0 Å². The van der Waals surface area contributed by atoms with Crippen molar-refractivity contribution in [2.24, 2.45) is 5.92 Å². The fourth-order valence-corrected chi connectivity index (χ4v) is 2.43. The third-order valence-electron chi connectivity index (χ3n) is 2.86. The third kappa shape index (κ3) is 4.51. The molecule has 0 saturated heterocycles. The molecular weight excluding hydrogens is 284 g/mol. The van der Waals surface area contributed by atoms with Crippen molar-refractivity contribution >= 4 is 22.4 Å². The average molecular weight is 302 g/mol. The van der Waals surface area contributed by atoms with Crippen LogP contribution in [-0.4, -0.2) is 24.1 Å². The summed E-state index contributed by atoms with van der Waals surface area (Å²) in [5, 5.41) is 5.36. The van der Waals surface area contributed by atoms with Crippen molar-refractivity contribution in [2.75, 3.05) is 18.5 Å². The van der Waals surface area contributed by atoms with E-state index in [9.17, 15) is 4.79 Å². The summed E-state index contributed by atoms with van der Waals surface area (Å²) in [5.74, 6) is -0.318. The summed E-state index contributed by atoms with van der Waals surface area (Å²) < 4.78 is 5.28. The summed E-state index contributed by atoms with van der Waals surface area (Å²) in [6.07, 6.45) is 1.66. The first-order valence-electron chi connectivity index (χ1n) is 6.71. The number of aromatic nitrogens is 1. The van der Waals surface area contributed by atoms with Gasteiger partial charge in [-0.15, -0.1) is 17.9 Å². The van der Waals surface area contributed by atoms with Gasteiger partial charge in [0.2, 0.25) is 5.91 Å². The maximum absolute atomic E-state index is 12.0. The fraction of sp³-hybridized carbons (Fsp3) is 0.250. The van der Waals surface area contributed by atoms with Crippen molar-refractivity contribution in [2.45, 2.75) is 6.92 Å². The van der Waals surface area contributed by atoms with Gasteiger partial charge in [0.25, 0.3) is 0 Å². The van der Waals surface area contributed by atoms with E-state index in [0.717, 1.165) is 11.3 Å². The zero-order valence-electron chi connectivity index (χ0n) is 11.9. The zero-order chi connectivity index (χ0) is 15.1. The van der Waals surface area contributed by atoms with E-state index in [1.54, 1.807) is 6.08 Å². The second-order valence-electron chi connectivity index (χ2n) is 4.62. The Kier molecular flexibility index (Phi) is 5.66. The number of nitrogens with one attached hydrogen (secondary N) is 1. The highest BCUT2D eigenvalue weighted by Gasteiger charge is 2.15. The van der Waals surface area contributed by atoms with E-state index in [2.05, 4.69) is 16.9 Å². The van der Waals surface area contributed by atoms with Gasteiger partial charge in [-0.1, -0.05) is 43.3 Å². The summed E-state index contributed by atoms with van der Waals surface area (Å²) in [7, 11) is 0. The van der Waals surface area contributed by atoms with Crippen LogP contribution in [0, 0.1) is 5.92 Å². The molecule has 1 aromatic heterocycles. The molecule has 0 aliphatic heterocycles. The lowest BCUT2D eigenvalue weighted by atomic mass is 10.2. The van der Waals surface area contributed by atoms with Crippen molar-refractivity contribution in [1.82, 2.24) is 4.98 Å². The van der Waals surface area contributed by atoms with Crippen LogP contribution >= 0.6 is 11.3 Å². The molecule has 1 heterocycles. The molecule has 0 aliphatic rings. The fourth-order valence-electron chi connectivity index (χ4n) is 1.71. The number of amides is 1. The van der Waals surface area contributed by atoms with Gasteiger partial charge in [-0.2, -0.15) is 0 Å². The quantitative estimate of drug-likeness (QED) is 0.628. The smallest absolute Gasteiger partial charge is 0.231 e. The van der Waals surface area contributed by atoms with Crippen LogP contribution < -0.4 is 5.32 Å². The minimum atomic E-state index is -0.228. The van der Waals surface area contributed by atoms with Crippen LogP contribution in [0.25, 0.3) is 11.3 Å². The second-order valence-corrected chi connectivity index (χ2v) is 5.48. The Hall–Kier alpha value is -1.98. The van der Waals surface area contributed by atoms with Crippen molar-refractivity contribution < 1.29 is 9.53 Å². The van der Waals surface area contributed by atoms with Gasteiger partial charge in [-0.05, 0) is 0 Å². The van der Waals surface area contributed by atoms with Gasteiger partial charge in [-0.25, -0.2) is 4.98 Å².